The first-order chi connectivity index (χ1) is 9.92. The Morgan fingerprint density at radius 3 is 2.29 bits per heavy atom. The summed E-state index contributed by atoms with van der Waals surface area (Å²) in [5, 5.41) is 7.00. The van der Waals surface area contributed by atoms with Gasteiger partial charge in [0, 0.05) is 12.6 Å². The average Bonchev–Trinajstić information content (AvgIpc) is 2.33. The van der Waals surface area contributed by atoms with Crippen LogP contribution in [0.25, 0.3) is 0 Å². The van der Waals surface area contributed by atoms with Crippen molar-refractivity contribution in [3.8, 4) is 0 Å². The lowest BCUT2D eigenvalue weighted by Crippen LogP contribution is -2.61. The zero-order valence-electron chi connectivity index (χ0n) is 13.5. The van der Waals surface area contributed by atoms with Crippen molar-refractivity contribution in [1.29, 1.82) is 0 Å². The molecule has 4 bridgehead atoms. The van der Waals surface area contributed by atoms with Crippen molar-refractivity contribution in [3.05, 3.63) is 18.2 Å². The lowest BCUT2D eigenvalue weighted by molar-refractivity contribution is -0.0973. The first kappa shape index (κ1) is 13.4. The van der Waals surface area contributed by atoms with Crippen molar-refractivity contribution in [1.82, 2.24) is 4.98 Å². The largest absolute Gasteiger partial charge is 0.373 e. The molecule has 0 spiro atoms. The Morgan fingerprint density at radius 2 is 1.67 bits per heavy atom. The Bertz CT molecular complexity index is 549. The van der Waals surface area contributed by atoms with Gasteiger partial charge in [0.2, 0.25) is 0 Å². The fourth-order valence-corrected chi connectivity index (χ4v) is 6.50. The Balaban J connectivity index is 1.65. The van der Waals surface area contributed by atoms with E-state index < -0.39 is 0 Å². The van der Waals surface area contributed by atoms with Crippen molar-refractivity contribution < 1.29 is 0 Å². The van der Waals surface area contributed by atoms with Gasteiger partial charge in [-0.15, -0.1) is 0 Å². The summed E-state index contributed by atoms with van der Waals surface area (Å²) >= 11 is 0. The van der Waals surface area contributed by atoms with Crippen LogP contribution >= 0.6 is 0 Å². The van der Waals surface area contributed by atoms with Crippen LogP contribution in [0, 0.1) is 16.7 Å². The summed E-state index contributed by atoms with van der Waals surface area (Å²) in [6, 6.07) is 6.22. The summed E-state index contributed by atoms with van der Waals surface area (Å²) in [5.41, 5.74) is 1.37. The molecule has 0 aliphatic heterocycles. The van der Waals surface area contributed by atoms with Crippen LogP contribution in [0.1, 0.15) is 52.4 Å². The molecule has 114 valence electrons. The van der Waals surface area contributed by atoms with E-state index in [0.717, 1.165) is 17.6 Å². The quantitative estimate of drug-likeness (QED) is 0.870. The standard InChI is InChI=1S/C18H27N3/c1-16-7-13-8-17(2,10-16)12-18(9-13,11-16)21-15-6-4-5-14(19-3)20-15/h4-6,13H,7-12H2,1-3H3,(H2,19,20,21). The third-order valence-corrected chi connectivity index (χ3v) is 6.02. The maximum Gasteiger partial charge on any atom is 0.128 e. The summed E-state index contributed by atoms with van der Waals surface area (Å²) in [7, 11) is 1.93. The van der Waals surface area contributed by atoms with E-state index in [1.807, 2.05) is 13.1 Å². The number of rotatable bonds is 3. The van der Waals surface area contributed by atoms with Gasteiger partial charge < -0.3 is 10.6 Å². The molecule has 0 amide bonds. The zero-order valence-corrected chi connectivity index (χ0v) is 13.5. The minimum absolute atomic E-state index is 0.280. The Morgan fingerprint density at radius 1 is 1.00 bits per heavy atom. The van der Waals surface area contributed by atoms with Crippen LogP contribution in [0.4, 0.5) is 11.6 Å². The molecule has 4 aliphatic rings. The molecule has 3 nitrogen and oxygen atoms in total. The van der Waals surface area contributed by atoms with Crippen molar-refractivity contribution in [2.45, 2.75) is 57.9 Å². The van der Waals surface area contributed by atoms with E-state index in [1.54, 1.807) is 0 Å². The molecule has 1 aromatic heterocycles. The Labute approximate surface area is 127 Å². The minimum Gasteiger partial charge on any atom is -0.373 e. The van der Waals surface area contributed by atoms with Crippen molar-refractivity contribution >= 4 is 11.6 Å². The molecule has 0 aromatic carbocycles. The lowest BCUT2D eigenvalue weighted by atomic mass is 9.43. The summed E-state index contributed by atoms with van der Waals surface area (Å²) in [6.07, 6.45) is 8.27. The normalized spacial score (nSPS) is 43.9. The molecule has 4 aliphatic carbocycles. The molecular weight excluding hydrogens is 258 g/mol. The number of aromatic nitrogens is 1. The van der Waals surface area contributed by atoms with E-state index >= 15 is 0 Å². The molecule has 2 atom stereocenters. The van der Waals surface area contributed by atoms with Gasteiger partial charge in [0.05, 0.1) is 0 Å². The molecule has 4 saturated carbocycles. The Hall–Kier alpha value is -1.25. The second-order valence-corrected chi connectivity index (χ2v) is 8.69. The summed E-state index contributed by atoms with van der Waals surface area (Å²) in [6.45, 7) is 5.03. The topological polar surface area (TPSA) is 37.0 Å². The monoisotopic (exact) mass is 285 g/mol. The molecule has 0 saturated heterocycles. The lowest BCUT2D eigenvalue weighted by Gasteiger charge is -2.65. The molecule has 1 heterocycles. The molecule has 5 rings (SSSR count). The van der Waals surface area contributed by atoms with Crippen LogP contribution in [0.15, 0.2) is 18.2 Å². The molecule has 21 heavy (non-hydrogen) atoms. The fraction of sp³-hybridized carbons (Fsp3) is 0.722. The molecule has 3 heteroatoms. The van der Waals surface area contributed by atoms with E-state index in [9.17, 15) is 0 Å². The van der Waals surface area contributed by atoms with Crippen LogP contribution in [0.3, 0.4) is 0 Å². The first-order valence-electron chi connectivity index (χ1n) is 8.35. The van der Waals surface area contributed by atoms with Crippen LogP contribution in [0.2, 0.25) is 0 Å². The second kappa shape index (κ2) is 4.15. The van der Waals surface area contributed by atoms with Crippen molar-refractivity contribution in [2.24, 2.45) is 16.7 Å². The van der Waals surface area contributed by atoms with Gasteiger partial charge in [0.25, 0.3) is 0 Å². The highest BCUT2D eigenvalue weighted by Gasteiger charge is 2.60. The average molecular weight is 285 g/mol. The van der Waals surface area contributed by atoms with Gasteiger partial charge in [-0.25, -0.2) is 4.98 Å². The highest BCUT2D eigenvalue weighted by molar-refractivity contribution is 5.47. The molecule has 0 radical (unpaired) electrons. The zero-order chi connectivity index (χ0) is 14.7. The van der Waals surface area contributed by atoms with E-state index in [0.29, 0.717) is 10.8 Å². The maximum absolute atomic E-state index is 4.69. The van der Waals surface area contributed by atoms with Crippen molar-refractivity contribution in [2.75, 3.05) is 17.7 Å². The van der Waals surface area contributed by atoms with E-state index in [4.69, 9.17) is 4.98 Å². The predicted octanol–water partition coefficient (Wildman–Crippen LogP) is 4.28. The highest BCUT2D eigenvalue weighted by Crippen LogP contribution is 2.66. The Kier molecular flexibility index (Phi) is 2.65. The molecule has 2 unspecified atom stereocenters. The molecular formula is C18H27N3. The summed E-state index contributed by atoms with van der Waals surface area (Å²) < 4.78 is 0. The molecule has 4 fully saturated rings. The van der Waals surface area contributed by atoms with Gasteiger partial charge in [-0.3, -0.25) is 0 Å². The number of anilines is 2. The number of nitrogens with zero attached hydrogens (tertiary/aromatic N) is 1. The van der Waals surface area contributed by atoms with E-state index in [2.05, 4.69) is 36.6 Å². The fourth-order valence-electron chi connectivity index (χ4n) is 6.50. The number of hydrogen-bond donors (Lipinski definition) is 2. The van der Waals surface area contributed by atoms with Gasteiger partial charge in [-0.05, 0) is 67.4 Å². The number of nitrogens with one attached hydrogen (secondary N) is 2. The third kappa shape index (κ3) is 2.21. The third-order valence-electron chi connectivity index (χ3n) is 6.02. The van der Waals surface area contributed by atoms with E-state index in [1.165, 1.54) is 38.5 Å². The van der Waals surface area contributed by atoms with Gasteiger partial charge in [0.1, 0.15) is 11.6 Å². The van der Waals surface area contributed by atoms with E-state index in [-0.39, 0.29) is 5.54 Å². The number of pyridine rings is 1. The highest BCUT2D eigenvalue weighted by atomic mass is 15.1. The van der Waals surface area contributed by atoms with Gasteiger partial charge in [-0.1, -0.05) is 19.9 Å². The maximum atomic E-state index is 4.69. The summed E-state index contributed by atoms with van der Waals surface area (Å²) in [5.74, 6) is 2.90. The molecule has 2 N–H and O–H groups in total. The minimum atomic E-state index is 0.280. The van der Waals surface area contributed by atoms with Crippen LogP contribution in [-0.2, 0) is 0 Å². The predicted molar refractivity (Wildman–Crippen MR) is 87.5 cm³/mol. The summed E-state index contributed by atoms with van der Waals surface area (Å²) in [4.78, 5) is 4.69. The van der Waals surface area contributed by atoms with Crippen LogP contribution < -0.4 is 10.6 Å². The second-order valence-electron chi connectivity index (χ2n) is 8.69. The number of hydrogen-bond acceptors (Lipinski definition) is 3. The van der Waals surface area contributed by atoms with Crippen LogP contribution in [0.5, 0.6) is 0 Å². The van der Waals surface area contributed by atoms with Crippen molar-refractivity contribution in [3.63, 3.8) is 0 Å². The van der Waals surface area contributed by atoms with Gasteiger partial charge in [0.15, 0.2) is 0 Å². The first-order valence-corrected chi connectivity index (χ1v) is 8.35. The molecule has 1 aromatic rings. The van der Waals surface area contributed by atoms with Gasteiger partial charge in [-0.2, -0.15) is 0 Å². The van der Waals surface area contributed by atoms with Gasteiger partial charge >= 0.3 is 0 Å². The SMILES string of the molecule is CNc1cccc(NC23CC4CC(C)(CC(C)(C4)C2)C3)n1. The smallest absolute Gasteiger partial charge is 0.128 e. The van der Waals surface area contributed by atoms with Crippen LogP contribution in [-0.4, -0.2) is 17.6 Å².